The Bertz CT molecular complexity index is 633. The van der Waals surface area contributed by atoms with Gasteiger partial charge in [-0.1, -0.05) is 12.1 Å². The molecule has 0 unspecified atom stereocenters. The standard InChI is InChI=1S/C16H18N2O4/c1-3-18(16(19)20)17-14(15-5-4-10-22-15)11-12-6-8-13(21-2)9-7-12/h4-10H,3,11H2,1-2H3,(H,19,20). The number of hydrazone groups is 1. The van der Waals surface area contributed by atoms with E-state index in [0.29, 0.717) is 17.9 Å². The molecule has 0 fully saturated rings. The third-order valence-corrected chi connectivity index (χ3v) is 3.10. The number of hydrogen-bond acceptors (Lipinski definition) is 4. The van der Waals surface area contributed by atoms with Crippen molar-refractivity contribution in [2.45, 2.75) is 13.3 Å². The topological polar surface area (TPSA) is 75.3 Å². The molecule has 0 radical (unpaired) electrons. The number of amides is 1. The van der Waals surface area contributed by atoms with Crippen LogP contribution in [0.1, 0.15) is 18.2 Å². The summed E-state index contributed by atoms with van der Waals surface area (Å²) >= 11 is 0. The van der Waals surface area contributed by atoms with E-state index in [2.05, 4.69) is 5.10 Å². The molecule has 1 aromatic carbocycles. The summed E-state index contributed by atoms with van der Waals surface area (Å²) in [5, 5.41) is 14.3. The molecule has 0 aliphatic carbocycles. The lowest BCUT2D eigenvalue weighted by molar-refractivity contribution is 0.149. The van der Waals surface area contributed by atoms with E-state index in [1.807, 2.05) is 24.3 Å². The number of carbonyl (C=O) groups is 1. The average Bonchev–Trinajstić information content (AvgIpc) is 3.06. The summed E-state index contributed by atoms with van der Waals surface area (Å²) in [5.74, 6) is 1.32. The van der Waals surface area contributed by atoms with Crippen LogP contribution < -0.4 is 4.74 Å². The van der Waals surface area contributed by atoms with Gasteiger partial charge in [0.25, 0.3) is 0 Å². The summed E-state index contributed by atoms with van der Waals surface area (Å²) in [6.45, 7) is 1.99. The molecule has 2 rings (SSSR count). The first-order chi connectivity index (χ1) is 10.6. The predicted molar refractivity (Wildman–Crippen MR) is 82.3 cm³/mol. The summed E-state index contributed by atoms with van der Waals surface area (Å²) in [5.41, 5.74) is 1.54. The van der Waals surface area contributed by atoms with Crippen molar-refractivity contribution in [1.29, 1.82) is 0 Å². The Morgan fingerprint density at radius 1 is 1.32 bits per heavy atom. The van der Waals surface area contributed by atoms with Crippen molar-refractivity contribution in [1.82, 2.24) is 5.01 Å². The van der Waals surface area contributed by atoms with Gasteiger partial charge in [0, 0.05) is 13.0 Å². The Morgan fingerprint density at radius 3 is 2.55 bits per heavy atom. The third kappa shape index (κ3) is 3.88. The summed E-state index contributed by atoms with van der Waals surface area (Å²) in [6.07, 6.45) is 0.901. The van der Waals surface area contributed by atoms with Crippen LogP contribution in [0.3, 0.4) is 0 Å². The van der Waals surface area contributed by atoms with Gasteiger partial charge in [-0.3, -0.25) is 0 Å². The summed E-state index contributed by atoms with van der Waals surface area (Å²) in [7, 11) is 1.61. The number of rotatable bonds is 6. The zero-order chi connectivity index (χ0) is 15.9. The Morgan fingerprint density at radius 2 is 2.05 bits per heavy atom. The highest BCUT2D eigenvalue weighted by molar-refractivity contribution is 5.99. The fraction of sp³-hybridized carbons (Fsp3) is 0.250. The van der Waals surface area contributed by atoms with E-state index >= 15 is 0 Å². The van der Waals surface area contributed by atoms with Crippen LogP contribution in [0.2, 0.25) is 0 Å². The van der Waals surface area contributed by atoms with Crippen LogP contribution in [0.15, 0.2) is 52.2 Å². The second-order valence-electron chi connectivity index (χ2n) is 4.55. The predicted octanol–water partition coefficient (Wildman–Crippen LogP) is 3.23. The highest BCUT2D eigenvalue weighted by Crippen LogP contribution is 2.15. The zero-order valence-corrected chi connectivity index (χ0v) is 12.5. The molecule has 1 amide bonds. The van der Waals surface area contributed by atoms with Crippen molar-refractivity contribution in [3.8, 4) is 5.75 Å². The minimum absolute atomic E-state index is 0.266. The van der Waals surface area contributed by atoms with E-state index < -0.39 is 6.09 Å². The quantitative estimate of drug-likeness (QED) is 0.656. The molecule has 6 heteroatoms. The smallest absolute Gasteiger partial charge is 0.427 e. The molecule has 116 valence electrons. The monoisotopic (exact) mass is 302 g/mol. The van der Waals surface area contributed by atoms with Gasteiger partial charge in [-0.15, -0.1) is 0 Å². The number of ether oxygens (including phenoxy) is 1. The van der Waals surface area contributed by atoms with Crippen molar-refractivity contribution >= 4 is 11.8 Å². The Kier molecular flexibility index (Phi) is 5.19. The van der Waals surface area contributed by atoms with Crippen molar-refractivity contribution in [3.05, 3.63) is 54.0 Å². The third-order valence-electron chi connectivity index (χ3n) is 3.10. The summed E-state index contributed by atoms with van der Waals surface area (Å²) in [6, 6.07) is 11.0. The van der Waals surface area contributed by atoms with E-state index in [9.17, 15) is 4.79 Å². The van der Waals surface area contributed by atoms with Crippen molar-refractivity contribution in [2.24, 2.45) is 5.10 Å². The van der Waals surface area contributed by atoms with Gasteiger partial charge in [0.2, 0.25) is 0 Å². The highest BCUT2D eigenvalue weighted by Gasteiger charge is 2.14. The number of benzene rings is 1. The molecule has 0 bridgehead atoms. The second kappa shape index (κ2) is 7.31. The van der Waals surface area contributed by atoms with Crippen LogP contribution in [0.25, 0.3) is 0 Å². The Balaban J connectivity index is 2.28. The minimum Gasteiger partial charge on any atom is -0.497 e. The van der Waals surface area contributed by atoms with Crippen LogP contribution in [-0.2, 0) is 6.42 Å². The molecule has 0 saturated heterocycles. The number of nitrogens with zero attached hydrogens (tertiary/aromatic N) is 2. The molecule has 6 nitrogen and oxygen atoms in total. The van der Waals surface area contributed by atoms with E-state index in [1.165, 1.54) is 6.26 Å². The van der Waals surface area contributed by atoms with Gasteiger partial charge in [-0.05, 0) is 36.8 Å². The van der Waals surface area contributed by atoms with E-state index in [1.54, 1.807) is 26.2 Å². The van der Waals surface area contributed by atoms with Gasteiger partial charge in [0.1, 0.15) is 17.2 Å². The zero-order valence-electron chi connectivity index (χ0n) is 12.5. The van der Waals surface area contributed by atoms with Crippen molar-refractivity contribution < 1.29 is 19.1 Å². The molecule has 22 heavy (non-hydrogen) atoms. The first kappa shape index (κ1) is 15.6. The van der Waals surface area contributed by atoms with Crippen LogP contribution in [-0.4, -0.2) is 35.6 Å². The van der Waals surface area contributed by atoms with Gasteiger partial charge in [-0.2, -0.15) is 10.1 Å². The fourth-order valence-electron chi connectivity index (χ4n) is 1.95. The SMILES string of the molecule is CCN(N=C(Cc1ccc(OC)cc1)c1ccco1)C(=O)O. The molecule has 1 aromatic heterocycles. The normalized spacial score (nSPS) is 11.3. The first-order valence-electron chi connectivity index (χ1n) is 6.88. The lowest BCUT2D eigenvalue weighted by atomic mass is 10.1. The molecule has 0 aliphatic heterocycles. The van der Waals surface area contributed by atoms with Gasteiger partial charge >= 0.3 is 6.09 Å². The highest BCUT2D eigenvalue weighted by atomic mass is 16.5. The minimum atomic E-state index is -1.10. The molecule has 0 aliphatic rings. The maximum atomic E-state index is 11.1. The number of carboxylic acid groups (broad SMARTS) is 1. The summed E-state index contributed by atoms with van der Waals surface area (Å²) in [4.78, 5) is 11.1. The molecule has 1 N–H and O–H groups in total. The largest absolute Gasteiger partial charge is 0.497 e. The van der Waals surface area contributed by atoms with Gasteiger partial charge < -0.3 is 14.3 Å². The number of methoxy groups -OCH3 is 1. The van der Waals surface area contributed by atoms with Crippen LogP contribution >= 0.6 is 0 Å². The molecule has 1 heterocycles. The lowest BCUT2D eigenvalue weighted by Gasteiger charge is -2.13. The molecular formula is C16H18N2O4. The molecule has 0 saturated carbocycles. The van der Waals surface area contributed by atoms with Gasteiger partial charge in [0.05, 0.1) is 13.4 Å². The molecular weight excluding hydrogens is 284 g/mol. The maximum absolute atomic E-state index is 11.1. The van der Waals surface area contributed by atoms with E-state index in [-0.39, 0.29) is 6.54 Å². The van der Waals surface area contributed by atoms with Gasteiger partial charge in [0.15, 0.2) is 0 Å². The lowest BCUT2D eigenvalue weighted by Crippen LogP contribution is -2.26. The average molecular weight is 302 g/mol. The van der Waals surface area contributed by atoms with Crippen molar-refractivity contribution in [2.75, 3.05) is 13.7 Å². The second-order valence-corrected chi connectivity index (χ2v) is 4.55. The maximum Gasteiger partial charge on any atom is 0.427 e. The van der Waals surface area contributed by atoms with E-state index in [0.717, 1.165) is 16.3 Å². The van der Waals surface area contributed by atoms with Crippen molar-refractivity contribution in [3.63, 3.8) is 0 Å². The Labute approximate surface area is 128 Å². The van der Waals surface area contributed by atoms with Crippen LogP contribution in [0.5, 0.6) is 5.75 Å². The molecule has 0 spiro atoms. The fourth-order valence-corrected chi connectivity index (χ4v) is 1.95. The molecule has 2 aromatic rings. The van der Waals surface area contributed by atoms with Crippen LogP contribution in [0, 0.1) is 0 Å². The van der Waals surface area contributed by atoms with E-state index in [4.69, 9.17) is 14.3 Å². The summed E-state index contributed by atoms with van der Waals surface area (Å²) < 4.78 is 10.5. The molecule has 0 atom stereocenters. The van der Waals surface area contributed by atoms with Gasteiger partial charge in [-0.25, -0.2) is 4.79 Å². The number of furan rings is 1. The van der Waals surface area contributed by atoms with Crippen LogP contribution in [0.4, 0.5) is 4.79 Å². The number of hydrogen-bond donors (Lipinski definition) is 1. The Hall–Kier alpha value is -2.76. The first-order valence-corrected chi connectivity index (χ1v) is 6.88.